The van der Waals surface area contributed by atoms with Crippen LogP contribution in [0.2, 0.25) is 0 Å². The Morgan fingerprint density at radius 3 is 2.73 bits per heavy atom. The Morgan fingerprint density at radius 2 is 2.27 bits per heavy atom. The second kappa shape index (κ2) is 3.21. The van der Waals surface area contributed by atoms with Crippen molar-refractivity contribution in [1.82, 2.24) is 0 Å². The van der Waals surface area contributed by atoms with E-state index in [1.54, 1.807) is 6.92 Å². The van der Waals surface area contributed by atoms with E-state index in [1.807, 2.05) is 0 Å². The highest BCUT2D eigenvalue weighted by Crippen LogP contribution is 2.29. The van der Waals surface area contributed by atoms with Gasteiger partial charge in [-0.15, -0.1) is 0 Å². The highest BCUT2D eigenvalue weighted by molar-refractivity contribution is 5.79. The van der Waals surface area contributed by atoms with Crippen molar-refractivity contribution in [2.45, 2.75) is 33.6 Å². The topological polar surface area (TPSA) is 17.1 Å². The Bertz CT molecular complexity index is 191. The number of allylic oxidation sites excluding steroid dienone is 2. The summed E-state index contributed by atoms with van der Waals surface area (Å²) in [5.74, 6) is 1.19. The molecule has 0 saturated carbocycles. The third-order valence-electron chi connectivity index (χ3n) is 2.57. The number of carbonyl (C=O) groups excluding carboxylic acids is 1. The first-order chi connectivity index (χ1) is 5.11. The first-order valence-corrected chi connectivity index (χ1v) is 4.27. The SMILES string of the molecule is CC(=O)[C@@H]1CC=C(C)C[C@H]1C. The van der Waals surface area contributed by atoms with Gasteiger partial charge < -0.3 is 0 Å². The lowest BCUT2D eigenvalue weighted by Gasteiger charge is -2.25. The molecular weight excluding hydrogens is 136 g/mol. The average Bonchev–Trinajstić information content (AvgIpc) is 1.85. The predicted molar refractivity (Wildman–Crippen MR) is 46.3 cm³/mol. The second-order valence-electron chi connectivity index (χ2n) is 3.68. The van der Waals surface area contributed by atoms with Gasteiger partial charge in [-0.05, 0) is 32.6 Å². The lowest BCUT2D eigenvalue weighted by Crippen LogP contribution is -2.22. The molecule has 0 radical (unpaired) electrons. The molecular formula is C10H16O. The summed E-state index contributed by atoms with van der Waals surface area (Å²) in [6, 6.07) is 0. The van der Waals surface area contributed by atoms with Crippen molar-refractivity contribution in [1.29, 1.82) is 0 Å². The Hall–Kier alpha value is -0.590. The van der Waals surface area contributed by atoms with E-state index in [4.69, 9.17) is 0 Å². The molecule has 0 spiro atoms. The standard InChI is InChI=1S/C10H16O/c1-7-4-5-10(9(3)11)8(2)6-7/h4,8,10H,5-6H2,1-3H3/t8-,10-/m1/s1. The van der Waals surface area contributed by atoms with Crippen LogP contribution in [0.25, 0.3) is 0 Å². The summed E-state index contributed by atoms with van der Waals surface area (Å²) in [5, 5.41) is 0. The maximum absolute atomic E-state index is 11.1. The summed E-state index contributed by atoms with van der Waals surface area (Å²) in [7, 11) is 0. The Kier molecular flexibility index (Phi) is 2.48. The third kappa shape index (κ3) is 1.92. The minimum atomic E-state index is 0.290. The summed E-state index contributed by atoms with van der Waals surface area (Å²) >= 11 is 0. The van der Waals surface area contributed by atoms with Crippen LogP contribution in [0.3, 0.4) is 0 Å². The first kappa shape index (κ1) is 8.51. The van der Waals surface area contributed by atoms with Gasteiger partial charge in [-0.25, -0.2) is 0 Å². The van der Waals surface area contributed by atoms with Crippen molar-refractivity contribution >= 4 is 5.78 Å². The van der Waals surface area contributed by atoms with Crippen LogP contribution in [0.5, 0.6) is 0 Å². The van der Waals surface area contributed by atoms with Crippen molar-refractivity contribution < 1.29 is 4.79 Å². The molecule has 0 aromatic heterocycles. The minimum absolute atomic E-state index is 0.290. The molecule has 1 rings (SSSR count). The quantitative estimate of drug-likeness (QED) is 0.528. The number of rotatable bonds is 1. The summed E-state index contributed by atoms with van der Waals surface area (Å²) in [5.41, 5.74) is 1.44. The molecule has 0 fully saturated rings. The predicted octanol–water partition coefficient (Wildman–Crippen LogP) is 2.57. The van der Waals surface area contributed by atoms with E-state index in [0.29, 0.717) is 17.6 Å². The Balaban J connectivity index is 2.65. The van der Waals surface area contributed by atoms with Gasteiger partial charge in [-0.2, -0.15) is 0 Å². The highest BCUT2D eigenvalue weighted by atomic mass is 16.1. The van der Waals surface area contributed by atoms with Gasteiger partial charge in [0.25, 0.3) is 0 Å². The minimum Gasteiger partial charge on any atom is -0.300 e. The number of hydrogen-bond donors (Lipinski definition) is 0. The third-order valence-corrected chi connectivity index (χ3v) is 2.57. The maximum atomic E-state index is 11.1. The number of ketones is 1. The normalized spacial score (nSPS) is 31.4. The molecule has 1 heteroatoms. The second-order valence-corrected chi connectivity index (χ2v) is 3.68. The fraction of sp³-hybridized carbons (Fsp3) is 0.700. The van der Waals surface area contributed by atoms with Gasteiger partial charge in [0.1, 0.15) is 5.78 Å². The Labute approximate surface area is 68.5 Å². The van der Waals surface area contributed by atoms with Gasteiger partial charge in [0, 0.05) is 5.92 Å². The molecule has 62 valence electrons. The lowest BCUT2D eigenvalue weighted by molar-refractivity contribution is -0.122. The van der Waals surface area contributed by atoms with E-state index in [9.17, 15) is 4.79 Å². The molecule has 0 aliphatic heterocycles. The van der Waals surface area contributed by atoms with Crippen LogP contribution in [0.4, 0.5) is 0 Å². The fourth-order valence-corrected chi connectivity index (χ4v) is 1.86. The maximum Gasteiger partial charge on any atom is 0.133 e. The van der Waals surface area contributed by atoms with Gasteiger partial charge in [0.05, 0.1) is 0 Å². The molecule has 1 aliphatic rings. The van der Waals surface area contributed by atoms with E-state index in [1.165, 1.54) is 5.57 Å². The highest BCUT2D eigenvalue weighted by Gasteiger charge is 2.23. The average molecular weight is 152 g/mol. The summed E-state index contributed by atoms with van der Waals surface area (Å²) in [6.45, 7) is 6.02. The van der Waals surface area contributed by atoms with Crippen LogP contribution in [0.1, 0.15) is 33.6 Å². The first-order valence-electron chi connectivity index (χ1n) is 4.27. The van der Waals surface area contributed by atoms with E-state index < -0.39 is 0 Å². The molecule has 11 heavy (non-hydrogen) atoms. The van der Waals surface area contributed by atoms with Gasteiger partial charge in [0.15, 0.2) is 0 Å². The summed E-state index contributed by atoms with van der Waals surface area (Å²) < 4.78 is 0. The molecule has 0 saturated heterocycles. The molecule has 1 aliphatic carbocycles. The smallest absolute Gasteiger partial charge is 0.133 e. The van der Waals surface area contributed by atoms with Gasteiger partial charge >= 0.3 is 0 Å². The molecule has 0 bridgehead atoms. The van der Waals surface area contributed by atoms with E-state index in [2.05, 4.69) is 19.9 Å². The van der Waals surface area contributed by atoms with Gasteiger partial charge in [-0.1, -0.05) is 18.6 Å². The summed E-state index contributed by atoms with van der Waals surface area (Å²) in [4.78, 5) is 11.1. The molecule has 0 heterocycles. The van der Waals surface area contributed by atoms with Crippen molar-refractivity contribution in [3.63, 3.8) is 0 Å². The van der Waals surface area contributed by atoms with Crippen LogP contribution in [0, 0.1) is 11.8 Å². The monoisotopic (exact) mass is 152 g/mol. The molecule has 0 aromatic rings. The van der Waals surface area contributed by atoms with Crippen LogP contribution < -0.4 is 0 Å². The zero-order chi connectivity index (χ0) is 8.43. The summed E-state index contributed by atoms with van der Waals surface area (Å²) in [6.07, 6.45) is 4.26. The molecule has 0 aromatic carbocycles. The molecule has 1 nitrogen and oxygen atoms in total. The number of Topliss-reactive ketones (excluding diaryl/α,β-unsaturated/α-hetero) is 1. The zero-order valence-corrected chi connectivity index (χ0v) is 7.55. The van der Waals surface area contributed by atoms with E-state index >= 15 is 0 Å². The largest absolute Gasteiger partial charge is 0.300 e. The zero-order valence-electron chi connectivity index (χ0n) is 7.55. The lowest BCUT2D eigenvalue weighted by atomic mass is 9.79. The van der Waals surface area contributed by atoms with Crippen LogP contribution in [0.15, 0.2) is 11.6 Å². The van der Waals surface area contributed by atoms with Gasteiger partial charge in [-0.3, -0.25) is 4.79 Å². The van der Waals surface area contributed by atoms with E-state index in [-0.39, 0.29) is 0 Å². The van der Waals surface area contributed by atoms with E-state index in [0.717, 1.165) is 12.8 Å². The molecule has 0 unspecified atom stereocenters. The van der Waals surface area contributed by atoms with Gasteiger partial charge in [0.2, 0.25) is 0 Å². The van der Waals surface area contributed by atoms with Crippen molar-refractivity contribution in [2.24, 2.45) is 11.8 Å². The van der Waals surface area contributed by atoms with Crippen molar-refractivity contribution in [2.75, 3.05) is 0 Å². The van der Waals surface area contributed by atoms with Crippen molar-refractivity contribution in [3.05, 3.63) is 11.6 Å². The number of carbonyl (C=O) groups is 1. The van der Waals surface area contributed by atoms with Crippen molar-refractivity contribution in [3.8, 4) is 0 Å². The van der Waals surface area contributed by atoms with Crippen LogP contribution in [-0.2, 0) is 4.79 Å². The van der Waals surface area contributed by atoms with Crippen LogP contribution >= 0.6 is 0 Å². The Morgan fingerprint density at radius 1 is 1.64 bits per heavy atom. The molecule has 0 amide bonds. The molecule has 0 N–H and O–H groups in total. The fourth-order valence-electron chi connectivity index (χ4n) is 1.86. The molecule has 2 atom stereocenters. The number of hydrogen-bond acceptors (Lipinski definition) is 1. The van der Waals surface area contributed by atoms with Crippen LogP contribution in [-0.4, -0.2) is 5.78 Å².